The SMILES string of the molecule is CC1Nc2ccc(Nc3nc(N4CCOCC4)c4[nH]cnc4n3)cc2C1C. The van der Waals surface area contributed by atoms with Gasteiger partial charge in [0.1, 0.15) is 5.52 Å². The summed E-state index contributed by atoms with van der Waals surface area (Å²) >= 11 is 0. The van der Waals surface area contributed by atoms with Gasteiger partial charge in [-0.3, -0.25) is 0 Å². The first kappa shape index (κ1) is 16.3. The van der Waals surface area contributed by atoms with E-state index in [1.165, 1.54) is 11.3 Å². The molecule has 2 aliphatic rings. The predicted octanol–water partition coefficient (Wildman–Crippen LogP) is 2.85. The summed E-state index contributed by atoms with van der Waals surface area (Å²) in [4.78, 5) is 19.1. The van der Waals surface area contributed by atoms with Gasteiger partial charge in [-0.1, -0.05) is 6.92 Å². The molecule has 2 atom stereocenters. The molecule has 5 rings (SSSR count). The fraction of sp³-hybridized carbons (Fsp3) is 0.421. The molecule has 0 amide bonds. The maximum Gasteiger partial charge on any atom is 0.231 e. The van der Waals surface area contributed by atoms with Crippen LogP contribution >= 0.6 is 0 Å². The summed E-state index contributed by atoms with van der Waals surface area (Å²) in [7, 11) is 0. The van der Waals surface area contributed by atoms with Crippen LogP contribution in [0.15, 0.2) is 24.5 Å². The molecule has 3 N–H and O–H groups in total. The van der Waals surface area contributed by atoms with Crippen LogP contribution in [-0.4, -0.2) is 52.3 Å². The topological polar surface area (TPSA) is 91.0 Å². The van der Waals surface area contributed by atoms with Gasteiger partial charge in [0.15, 0.2) is 11.5 Å². The first-order valence-electron chi connectivity index (χ1n) is 9.40. The third-order valence-electron chi connectivity index (χ3n) is 5.51. The largest absolute Gasteiger partial charge is 0.382 e. The van der Waals surface area contributed by atoms with Gasteiger partial charge in [-0.05, 0) is 30.7 Å². The maximum atomic E-state index is 5.47. The lowest BCUT2D eigenvalue weighted by Crippen LogP contribution is -2.37. The van der Waals surface area contributed by atoms with E-state index in [4.69, 9.17) is 9.72 Å². The normalized spacial score (nSPS) is 21.9. The highest BCUT2D eigenvalue weighted by molar-refractivity contribution is 5.85. The van der Waals surface area contributed by atoms with Crippen LogP contribution in [0.5, 0.6) is 0 Å². The molecule has 2 aromatic heterocycles. The highest BCUT2D eigenvalue weighted by Gasteiger charge is 2.25. The summed E-state index contributed by atoms with van der Waals surface area (Å²) in [6.45, 7) is 7.48. The fourth-order valence-corrected chi connectivity index (χ4v) is 3.80. The lowest BCUT2D eigenvalue weighted by atomic mass is 9.98. The fourth-order valence-electron chi connectivity index (χ4n) is 3.80. The molecule has 140 valence electrons. The first-order chi connectivity index (χ1) is 13.2. The number of imidazole rings is 1. The van der Waals surface area contributed by atoms with Gasteiger partial charge in [0.25, 0.3) is 0 Å². The molecule has 1 fully saturated rings. The van der Waals surface area contributed by atoms with Crippen LogP contribution in [0.2, 0.25) is 0 Å². The van der Waals surface area contributed by atoms with Gasteiger partial charge in [-0.2, -0.15) is 9.97 Å². The Labute approximate surface area is 157 Å². The van der Waals surface area contributed by atoms with Gasteiger partial charge in [0.05, 0.1) is 19.5 Å². The zero-order valence-corrected chi connectivity index (χ0v) is 15.5. The Kier molecular flexibility index (Phi) is 3.86. The minimum Gasteiger partial charge on any atom is -0.382 e. The maximum absolute atomic E-state index is 5.47. The molecule has 0 aliphatic carbocycles. The minimum absolute atomic E-state index is 0.444. The van der Waals surface area contributed by atoms with Gasteiger partial charge in [0, 0.05) is 36.4 Å². The van der Waals surface area contributed by atoms with Crippen molar-refractivity contribution in [3.8, 4) is 0 Å². The van der Waals surface area contributed by atoms with E-state index in [1.807, 2.05) is 0 Å². The zero-order chi connectivity index (χ0) is 18.4. The smallest absolute Gasteiger partial charge is 0.231 e. The quantitative estimate of drug-likeness (QED) is 0.657. The van der Waals surface area contributed by atoms with E-state index in [2.05, 4.69) is 62.5 Å². The zero-order valence-electron chi connectivity index (χ0n) is 15.5. The number of hydrogen-bond acceptors (Lipinski definition) is 7. The van der Waals surface area contributed by atoms with Crippen molar-refractivity contribution in [1.82, 2.24) is 19.9 Å². The number of rotatable bonds is 3. The highest BCUT2D eigenvalue weighted by Crippen LogP contribution is 2.37. The molecule has 1 aromatic carbocycles. The number of morpholine rings is 1. The number of aromatic amines is 1. The molecule has 8 heteroatoms. The number of fused-ring (bicyclic) bond motifs is 2. The van der Waals surface area contributed by atoms with Crippen LogP contribution in [0.4, 0.5) is 23.1 Å². The average molecular weight is 365 g/mol. The van der Waals surface area contributed by atoms with Crippen LogP contribution in [-0.2, 0) is 4.74 Å². The van der Waals surface area contributed by atoms with E-state index in [-0.39, 0.29) is 0 Å². The van der Waals surface area contributed by atoms with Crippen molar-refractivity contribution in [2.45, 2.75) is 25.8 Å². The number of nitrogens with zero attached hydrogens (tertiary/aromatic N) is 4. The monoisotopic (exact) mass is 365 g/mol. The van der Waals surface area contributed by atoms with Crippen molar-refractivity contribution in [3.05, 3.63) is 30.1 Å². The second kappa shape index (κ2) is 6.38. The summed E-state index contributed by atoms with van der Waals surface area (Å²) < 4.78 is 5.47. The first-order valence-corrected chi connectivity index (χ1v) is 9.40. The van der Waals surface area contributed by atoms with Crippen molar-refractivity contribution < 1.29 is 4.74 Å². The summed E-state index contributed by atoms with van der Waals surface area (Å²) in [5.74, 6) is 1.90. The Bertz CT molecular complexity index is 979. The van der Waals surface area contributed by atoms with Crippen molar-refractivity contribution in [1.29, 1.82) is 0 Å². The molecule has 2 aliphatic heterocycles. The molecule has 27 heavy (non-hydrogen) atoms. The standard InChI is InChI=1S/C19H23N7O/c1-11-12(2)22-15-4-3-13(9-14(11)15)23-19-24-17-16(20-10-21-17)18(25-19)26-5-7-27-8-6-26/h3-4,9-12,22H,5-8H2,1-2H3,(H2,20,21,23,24,25). The Morgan fingerprint density at radius 1 is 1.19 bits per heavy atom. The molecule has 2 unspecified atom stereocenters. The highest BCUT2D eigenvalue weighted by atomic mass is 16.5. The third kappa shape index (κ3) is 2.86. The molecule has 0 saturated carbocycles. The number of ether oxygens (including phenoxy) is 1. The molecular formula is C19H23N7O. The van der Waals surface area contributed by atoms with Gasteiger partial charge in [0.2, 0.25) is 5.95 Å². The third-order valence-corrected chi connectivity index (χ3v) is 5.51. The Morgan fingerprint density at radius 2 is 2.04 bits per heavy atom. The molecule has 8 nitrogen and oxygen atoms in total. The molecule has 3 aromatic rings. The molecular weight excluding hydrogens is 342 g/mol. The van der Waals surface area contributed by atoms with Crippen LogP contribution in [0, 0.1) is 0 Å². The van der Waals surface area contributed by atoms with Crippen molar-refractivity contribution in [3.63, 3.8) is 0 Å². The number of anilines is 4. The molecule has 0 radical (unpaired) electrons. The molecule has 0 bridgehead atoms. The van der Waals surface area contributed by atoms with Crippen LogP contribution < -0.4 is 15.5 Å². The molecule has 0 spiro atoms. The van der Waals surface area contributed by atoms with E-state index in [0.717, 1.165) is 30.1 Å². The van der Waals surface area contributed by atoms with Crippen LogP contribution in [0.1, 0.15) is 25.3 Å². The van der Waals surface area contributed by atoms with Crippen molar-refractivity contribution >= 4 is 34.3 Å². The van der Waals surface area contributed by atoms with Crippen LogP contribution in [0.25, 0.3) is 11.2 Å². The van der Waals surface area contributed by atoms with Crippen molar-refractivity contribution in [2.75, 3.05) is 41.8 Å². The Morgan fingerprint density at radius 3 is 2.89 bits per heavy atom. The van der Waals surface area contributed by atoms with Gasteiger partial charge < -0.3 is 25.3 Å². The lowest BCUT2D eigenvalue weighted by Gasteiger charge is -2.28. The van der Waals surface area contributed by atoms with E-state index < -0.39 is 0 Å². The summed E-state index contributed by atoms with van der Waals surface area (Å²) in [5, 5.41) is 6.89. The number of hydrogen-bond donors (Lipinski definition) is 3. The molecule has 4 heterocycles. The second-order valence-corrected chi connectivity index (χ2v) is 7.22. The van der Waals surface area contributed by atoms with E-state index in [9.17, 15) is 0 Å². The summed E-state index contributed by atoms with van der Waals surface area (Å²) in [6, 6.07) is 6.81. The predicted molar refractivity (Wildman–Crippen MR) is 106 cm³/mol. The average Bonchev–Trinajstić information content (AvgIpc) is 3.27. The van der Waals surface area contributed by atoms with Gasteiger partial charge in [-0.15, -0.1) is 0 Å². The number of nitrogens with one attached hydrogen (secondary N) is 3. The van der Waals surface area contributed by atoms with Gasteiger partial charge >= 0.3 is 0 Å². The lowest BCUT2D eigenvalue weighted by molar-refractivity contribution is 0.122. The summed E-state index contributed by atoms with van der Waals surface area (Å²) in [6.07, 6.45) is 1.66. The van der Waals surface area contributed by atoms with E-state index in [1.54, 1.807) is 6.33 Å². The van der Waals surface area contributed by atoms with Crippen LogP contribution in [0.3, 0.4) is 0 Å². The van der Waals surface area contributed by atoms with Gasteiger partial charge in [-0.25, -0.2) is 4.98 Å². The van der Waals surface area contributed by atoms with E-state index in [0.29, 0.717) is 36.8 Å². The van der Waals surface area contributed by atoms with Crippen molar-refractivity contribution in [2.24, 2.45) is 0 Å². The number of H-pyrrole nitrogens is 1. The number of aromatic nitrogens is 4. The minimum atomic E-state index is 0.444. The summed E-state index contributed by atoms with van der Waals surface area (Å²) in [5.41, 5.74) is 5.04. The van der Waals surface area contributed by atoms with E-state index >= 15 is 0 Å². The second-order valence-electron chi connectivity index (χ2n) is 7.22. The molecule has 1 saturated heterocycles. The Hall–Kier alpha value is -2.87. The Balaban J connectivity index is 1.49. The number of benzene rings is 1.